The quantitative estimate of drug-likeness (QED) is 0.301. The van der Waals surface area contributed by atoms with E-state index in [0.29, 0.717) is 54.9 Å². The highest BCUT2D eigenvalue weighted by molar-refractivity contribution is 5.80. The Bertz CT molecular complexity index is 1480. The lowest BCUT2D eigenvalue weighted by molar-refractivity contribution is -0.384. The second-order valence-corrected chi connectivity index (χ2v) is 9.22. The lowest BCUT2D eigenvalue weighted by Gasteiger charge is -2.35. The van der Waals surface area contributed by atoms with Crippen LogP contribution in [0.15, 0.2) is 83.7 Å². The van der Waals surface area contributed by atoms with E-state index in [-0.39, 0.29) is 34.5 Å². The Labute approximate surface area is 213 Å². The van der Waals surface area contributed by atoms with Crippen molar-refractivity contribution in [2.75, 3.05) is 18.0 Å². The van der Waals surface area contributed by atoms with Gasteiger partial charge in [-0.25, -0.2) is 4.98 Å². The van der Waals surface area contributed by atoms with Crippen molar-refractivity contribution >= 4 is 28.2 Å². The third kappa shape index (κ3) is 5.35. The molecule has 1 aliphatic heterocycles. The lowest BCUT2D eigenvalue weighted by Crippen LogP contribution is -2.42. The fraction of sp³-hybridized carbons (Fsp3) is 0.250. The number of carbonyl (C=O) groups is 1. The highest BCUT2D eigenvalue weighted by atomic mass is 16.6. The van der Waals surface area contributed by atoms with Crippen LogP contribution in [0.3, 0.4) is 0 Å². The number of nitrogens with zero attached hydrogens (tertiary/aromatic N) is 4. The molecule has 1 saturated heterocycles. The maximum atomic E-state index is 13.8. The van der Waals surface area contributed by atoms with Gasteiger partial charge in [0.05, 0.1) is 22.4 Å². The summed E-state index contributed by atoms with van der Waals surface area (Å²) in [7, 11) is 0. The van der Waals surface area contributed by atoms with Gasteiger partial charge in [-0.05, 0) is 36.6 Å². The number of aromatic nitrogens is 2. The van der Waals surface area contributed by atoms with Gasteiger partial charge < -0.3 is 14.8 Å². The molecule has 1 fully saturated rings. The molecule has 5 rings (SSSR count). The van der Waals surface area contributed by atoms with Gasteiger partial charge >= 0.3 is 0 Å². The third-order valence-corrected chi connectivity index (χ3v) is 6.79. The molecule has 9 nitrogen and oxygen atoms in total. The summed E-state index contributed by atoms with van der Waals surface area (Å²) in [5.41, 5.74) is 2.00. The lowest BCUT2D eigenvalue weighted by atomic mass is 9.94. The number of hydrogen-bond donors (Lipinski definition) is 1. The maximum absolute atomic E-state index is 13.8. The standard InChI is InChI=1S/C28H27N5O4/c34-27-22-10-4-5-11-23(22)29-26(30-27)19-32(18-20-8-2-1-3-9-20)28(35)21-14-16-31(17-15-21)24-12-6-7-13-25(24)33(36)37/h1-13,21H,14-19H2,(H,29,30,34). The van der Waals surface area contributed by atoms with Crippen LogP contribution in [-0.4, -0.2) is 38.8 Å². The van der Waals surface area contributed by atoms with E-state index < -0.39 is 0 Å². The summed E-state index contributed by atoms with van der Waals surface area (Å²) in [6.45, 7) is 1.66. The van der Waals surface area contributed by atoms with E-state index in [1.165, 1.54) is 6.07 Å². The molecule has 0 saturated carbocycles. The van der Waals surface area contributed by atoms with E-state index in [4.69, 9.17) is 0 Å². The summed E-state index contributed by atoms with van der Waals surface area (Å²) >= 11 is 0. The molecular formula is C28H27N5O4. The number of hydrogen-bond acceptors (Lipinski definition) is 6. The number of amides is 1. The number of para-hydroxylation sites is 3. The van der Waals surface area contributed by atoms with Gasteiger partial charge in [0.1, 0.15) is 11.5 Å². The van der Waals surface area contributed by atoms with Gasteiger partial charge in [-0.3, -0.25) is 19.7 Å². The topological polar surface area (TPSA) is 112 Å². The Kier molecular flexibility index (Phi) is 6.93. The van der Waals surface area contributed by atoms with Crippen LogP contribution in [0.25, 0.3) is 10.9 Å². The molecule has 1 aliphatic rings. The van der Waals surface area contributed by atoms with Crippen molar-refractivity contribution in [2.24, 2.45) is 5.92 Å². The number of aromatic amines is 1. The number of piperidine rings is 1. The van der Waals surface area contributed by atoms with Crippen LogP contribution in [-0.2, 0) is 17.9 Å². The Morgan fingerprint density at radius 2 is 1.65 bits per heavy atom. The summed E-state index contributed by atoms with van der Waals surface area (Å²) in [6.07, 6.45) is 1.16. The Hall–Kier alpha value is -4.53. The minimum absolute atomic E-state index is 0.0122. The van der Waals surface area contributed by atoms with Crippen LogP contribution in [0.1, 0.15) is 24.2 Å². The summed E-state index contributed by atoms with van der Waals surface area (Å²) in [6, 6.07) is 23.6. The molecule has 4 aromatic rings. The summed E-state index contributed by atoms with van der Waals surface area (Å²) in [5, 5.41) is 12.0. The molecule has 1 amide bonds. The largest absolute Gasteiger partial charge is 0.366 e. The molecule has 9 heteroatoms. The fourth-order valence-electron chi connectivity index (χ4n) is 4.92. The molecule has 0 unspecified atom stereocenters. The number of nitro groups is 1. The normalized spacial score (nSPS) is 14.0. The van der Waals surface area contributed by atoms with E-state index in [9.17, 15) is 19.7 Å². The van der Waals surface area contributed by atoms with Crippen molar-refractivity contribution in [1.29, 1.82) is 0 Å². The highest BCUT2D eigenvalue weighted by Crippen LogP contribution is 2.32. The first-order valence-corrected chi connectivity index (χ1v) is 12.3. The second-order valence-electron chi connectivity index (χ2n) is 9.22. The summed E-state index contributed by atoms with van der Waals surface area (Å²) in [5.74, 6) is 0.196. The first-order valence-electron chi connectivity index (χ1n) is 12.3. The zero-order valence-electron chi connectivity index (χ0n) is 20.2. The third-order valence-electron chi connectivity index (χ3n) is 6.79. The van der Waals surface area contributed by atoms with Crippen molar-refractivity contribution in [1.82, 2.24) is 14.9 Å². The predicted molar refractivity (Wildman–Crippen MR) is 141 cm³/mol. The smallest absolute Gasteiger partial charge is 0.292 e. The van der Waals surface area contributed by atoms with Crippen molar-refractivity contribution in [3.8, 4) is 0 Å². The van der Waals surface area contributed by atoms with Gasteiger partial charge in [0.15, 0.2) is 0 Å². The van der Waals surface area contributed by atoms with Crippen LogP contribution < -0.4 is 10.5 Å². The van der Waals surface area contributed by atoms with Gasteiger partial charge in [-0.15, -0.1) is 0 Å². The van der Waals surface area contributed by atoms with Gasteiger partial charge in [0.25, 0.3) is 11.2 Å². The van der Waals surface area contributed by atoms with Crippen molar-refractivity contribution in [3.05, 3.63) is 111 Å². The average molecular weight is 498 g/mol. The van der Waals surface area contributed by atoms with Crippen LogP contribution in [0.2, 0.25) is 0 Å². The van der Waals surface area contributed by atoms with Gasteiger partial charge in [0, 0.05) is 31.6 Å². The number of H-pyrrole nitrogens is 1. The summed E-state index contributed by atoms with van der Waals surface area (Å²) < 4.78 is 0. The number of benzene rings is 3. The van der Waals surface area contributed by atoms with E-state index in [1.807, 2.05) is 41.3 Å². The molecule has 3 aromatic carbocycles. The molecule has 2 heterocycles. The first kappa shape index (κ1) is 24.2. The fourth-order valence-corrected chi connectivity index (χ4v) is 4.92. The van der Waals surface area contributed by atoms with E-state index in [1.54, 1.807) is 41.3 Å². The van der Waals surface area contributed by atoms with E-state index in [2.05, 4.69) is 9.97 Å². The molecular weight excluding hydrogens is 470 g/mol. The second kappa shape index (κ2) is 10.6. The minimum atomic E-state index is -0.370. The molecule has 0 spiro atoms. The number of carbonyl (C=O) groups excluding carboxylic acids is 1. The number of rotatable bonds is 7. The Morgan fingerprint density at radius 3 is 2.41 bits per heavy atom. The zero-order chi connectivity index (χ0) is 25.8. The van der Waals surface area contributed by atoms with Crippen LogP contribution in [0.5, 0.6) is 0 Å². The summed E-state index contributed by atoms with van der Waals surface area (Å²) in [4.78, 5) is 48.6. The predicted octanol–water partition coefficient (Wildman–Crippen LogP) is 4.28. The number of nitro benzene ring substituents is 1. The monoisotopic (exact) mass is 497 g/mol. The van der Waals surface area contributed by atoms with Crippen molar-refractivity contribution in [3.63, 3.8) is 0 Å². The van der Waals surface area contributed by atoms with Gasteiger partial charge in [-0.1, -0.05) is 54.6 Å². The van der Waals surface area contributed by atoms with Gasteiger partial charge in [-0.2, -0.15) is 0 Å². The molecule has 37 heavy (non-hydrogen) atoms. The van der Waals surface area contributed by atoms with Crippen LogP contribution >= 0.6 is 0 Å². The van der Waals surface area contributed by atoms with Crippen molar-refractivity contribution < 1.29 is 9.72 Å². The molecule has 1 aromatic heterocycles. The Balaban J connectivity index is 1.36. The average Bonchev–Trinajstić information content (AvgIpc) is 2.93. The molecule has 0 aliphatic carbocycles. The highest BCUT2D eigenvalue weighted by Gasteiger charge is 2.31. The van der Waals surface area contributed by atoms with Crippen molar-refractivity contribution in [2.45, 2.75) is 25.9 Å². The molecule has 188 valence electrons. The molecule has 1 N–H and O–H groups in total. The maximum Gasteiger partial charge on any atom is 0.292 e. The van der Waals surface area contributed by atoms with E-state index in [0.717, 1.165) is 5.56 Å². The minimum Gasteiger partial charge on any atom is -0.366 e. The molecule has 0 radical (unpaired) electrons. The number of nitrogens with one attached hydrogen (secondary N) is 1. The molecule has 0 atom stereocenters. The first-order chi connectivity index (χ1) is 18.0. The number of fused-ring (bicyclic) bond motifs is 1. The number of anilines is 1. The Morgan fingerprint density at radius 1 is 0.973 bits per heavy atom. The van der Waals surface area contributed by atoms with Gasteiger partial charge in [0.2, 0.25) is 5.91 Å². The zero-order valence-corrected chi connectivity index (χ0v) is 20.2. The SMILES string of the molecule is O=C(C1CCN(c2ccccc2[N+](=O)[O-])CC1)N(Cc1ccccc1)Cc1nc2ccccc2c(=O)[nH]1. The molecule has 0 bridgehead atoms. The van der Waals surface area contributed by atoms with Crippen LogP contribution in [0.4, 0.5) is 11.4 Å². The van der Waals surface area contributed by atoms with E-state index >= 15 is 0 Å². The van der Waals surface area contributed by atoms with Crippen LogP contribution in [0, 0.1) is 16.0 Å².